The Morgan fingerprint density at radius 2 is 2.10 bits per heavy atom. The Kier molecular flexibility index (Phi) is 2.76. The van der Waals surface area contributed by atoms with Crippen LogP contribution in [0.15, 0.2) is 0 Å². The Labute approximate surface area is 65.0 Å². The first-order chi connectivity index (χ1) is 4.75. The molecule has 0 amide bonds. The maximum absolute atomic E-state index is 2.42. The summed E-state index contributed by atoms with van der Waals surface area (Å²) >= 11 is 0. The summed E-state index contributed by atoms with van der Waals surface area (Å²) in [6.07, 6.45) is 5.83. The molecule has 0 aromatic carbocycles. The van der Waals surface area contributed by atoms with E-state index in [1.165, 1.54) is 25.7 Å². The molecule has 1 unspecified atom stereocenters. The summed E-state index contributed by atoms with van der Waals surface area (Å²) in [7, 11) is 0. The molecular formula is C10H20. The molecule has 1 rings (SSSR count). The molecule has 0 spiro atoms. The van der Waals surface area contributed by atoms with Gasteiger partial charge in [-0.05, 0) is 24.2 Å². The van der Waals surface area contributed by atoms with E-state index in [2.05, 4.69) is 20.8 Å². The summed E-state index contributed by atoms with van der Waals surface area (Å²) in [6, 6.07) is 0. The number of hydrogen-bond donors (Lipinski definition) is 0. The molecule has 0 heteroatoms. The van der Waals surface area contributed by atoms with Crippen molar-refractivity contribution in [1.29, 1.82) is 0 Å². The second-order valence-corrected chi connectivity index (χ2v) is 3.96. The van der Waals surface area contributed by atoms with Gasteiger partial charge in [-0.25, -0.2) is 0 Å². The zero-order valence-corrected chi connectivity index (χ0v) is 7.56. The molecule has 1 aliphatic rings. The van der Waals surface area contributed by atoms with Crippen molar-refractivity contribution in [3.63, 3.8) is 0 Å². The predicted molar refractivity (Wildman–Crippen MR) is 46.0 cm³/mol. The highest BCUT2D eigenvalue weighted by Crippen LogP contribution is 2.37. The summed E-state index contributed by atoms with van der Waals surface area (Å²) in [4.78, 5) is 0. The van der Waals surface area contributed by atoms with Crippen LogP contribution in [0.5, 0.6) is 0 Å². The molecule has 0 heterocycles. The molecule has 0 saturated heterocycles. The maximum Gasteiger partial charge on any atom is -0.0363 e. The molecule has 1 aliphatic carbocycles. The third kappa shape index (κ3) is 1.53. The highest BCUT2D eigenvalue weighted by Gasteiger charge is 2.26. The van der Waals surface area contributed by atoms with Gasteiger partial charge in [0.25, 0.3) is 0 Å². The van der Waals surface area contributed by atoms with Crippen LogP contribution >= 0.6 is 0 Å². The quantitative estimate of drug-likeness (QED) is 0.551. The molecule has 0 aliphatic heterocycles. The average molecular weight is 140 g/mol. The SMILES string of the molecule is CCC(C)[C@@H]1CCC[C@@H]1C. The van der Waals surface area contributed by atoms with Gasteiger partial charge >= 0.3 is 0 Å². The molecule has 0 nitrogen and oxygen atoms in total. The van der Waals surface area contributed by atoms with Crippen molar-refractivity contribution in [3.8, 4) is 0 Å². The van der Waals surface area contributed by atoms with Crippen LogP contribution in [0.25, 0.3) is 0 Å². The molecule has 0 N–H and O–H groups in total. The van der Waals surface area contributed by atoms with Gasteiger partial charge in [0.15, 0.2) is 0 Å². The van der Waals surface area contributed by atoms with E-state index in [1.54, 1.807) is 0 Å². The Morgan fingerprint density at radius 3 is 2.50 bits per heavy atom. The van der Waals surface area contributed by atoms with Crippen molar-refractivity contribution >= 4 is 0 Å². The molecule has 3 atom stereocenters. The van der Waals surface area contributed by atoms with Gasteiger partial charge in [-0.2, -0.15) is 0 Å². The molecule has 0 aromatic heterocycles. The predicted octanol–water partition coefficient (Wildman–Crippen LogP) is 3.47. The fourth-order valence-electron chi connectivity index (χ4n) is 2.32. The van der Waals surface area contributed by atoms with Crippen LogP contribution in [0.2, 0.25) is 0 Å². The van der Waals surface area contributed by atoms with Gasteiger partial charge in [-0.15, -0.1) is 0 Å². The molecule has 0 aromatic rings. The van der Waals surface area contributed by atoms with Crippen molar-refractivity contribution in [2.45, 2.75) is 46.5 Å². The molecule has 0 radical (unpaired) electrons. The van der Waals surface area contributed by atoms with E-state index in [0.717, 1.165) is 17.8 Å². The molecule has 1 fully saturated rings. The average Bonchev–Trinajstić information content (AvgIpc) is 2.34. The molecule has 60 valence electrons. The van der Waals surface area contributed by atoms with Gasteiger partial charge in [-0.1, -0.05) is 40.0 Å². The maximum atomic E-state index is 2.42. The third-order valence-electron chi connectivity index (χ3n) is 3.30. The van der Waals surface area contributed by atoms with Gasteiger partial charge in [0.05, 0.1) is 0 Å². The van der Waals surface area contributed by atoms with Crippen molar-refractivity contribution in [2.75, 3.05) is 0 Å². The number of rotatable bonds is 2. The van der Waals surface area contributed by atoms with Crippen molar-refractivity contribution in [1.82, 2.24) is 0 Å². The number of hydrogen-bond acceptors (Lipinski definition) is 0. The Hall–Kier alpha value is 0. The van der Waals surface area contributed by atoms with Crippen molar-refractivity contribution in [2.24, 2.45) is 17.8 Å². The minimum atomic E-state index is 0.970. The second-order valence-electron chi connectivity index (χ2n) is 3.96. The minimum absolute atomic E-state index is 0.970. The monoisotopic (exact) mass is 140 g/mol. The summed E-state index contributed by atoms with van der Waals surface area (Å²) < 4.78 is 0. The van der Waals surface area contributed by atoms with Crippen molar-refractivity contribution < 1.29 is 0 Å². The van der Waals surface area contributed by atoms with Gasteiger partial charge in [0, 0.05) is 0 Å². The lowest BCUT2D eigenvalue weighted by Gasteiger charge is -2.21. The van der Waals surface area contributed by atoms with Gasteiger partial charge in [-0.3, -0.25) is 0 Å². The highest BCUT2D eigenvalue weighted by atomic mass is 14.3. The zero-order valence-electron chi connectivity index (χ0n) is 7.56. The van der Waals surface area contributed by atoms with Crippen LogP contribution in [0, 0.1) is 17.8 Å². The molecular weight excluding hydrogens is 120 g/mol. The summed E-state index contributed by atoms with van der Waals surface area (Å²) in [5.74, 6) is 3.03. The van der Waals surface area contributed by atoms with Gasteiger partial charge in [0.1, 0.15) is 0 Å². The normalized spacial score (nSPS) is 36.3. The first-order valence-corrected chi connectivity index (χ1v) is 4.75. The van der Waals surface area contributed by atoms with E-state index < -0.39 is 0 Å². The summed E-state index contributed by atoms with van der Waals surface area (Å²) in [5.41, 5.74) is 0. The van der Waals surface area contributed by atoms with E-state index in [9.17, 15) is 0 Å². The van der Waals surface area contributed by atoms with E-state index >= 15 is 0 Å². The Balaban J connectivity index is 2.38. The van der Waals surface area contributed by atoms with Crippen LogP contribution in [0.4, 0.5) is 0 Å². The van der Waals surface area contributed by atoms with E-state index in [-0.39, 0.29) is 0 Å². The Morgan fingerprint density at radius 1 is 1.40 bits per heavy atom. The standard InChI is InChI=1S/C10H20/c1-4-8(2)10-7-5-6-9(10)3/h8-10H,4-7H2,1-3H3/t8?,9-,10-/m0/s1. The molecule has 1 saturated carbocycles. The lowest BCUT2D eigenvalue weighted by atomic mass is 9.85. The first-order valence-electron chi connectivity index (χ1n) is 4.75. The van der Waals surface area contributed by atoms with Crippen molar-refractivity contribution in [3.05, 3.63) is 0 Å². The fourth-order valence-corrected chi connectivity index (χ4v) is 2.32. The van der Waals surface area contributed by atoms with Crippen LogP contribution in [-0.2, 0) is 0 Å². The van der Waals surface area contributed by atoms with Gasteiger partial charge < -0.3 is 0 Å². The third-order valence-corrected chi connectivity index (χ3v) is 3.30. The summed E-state index contributed by atoms with van der Waals surface area (Å²) in [5, 5.41) is 0. The van der Waals surface area contributed by atoms with E-state index in [0.29, 0.717) is 0 Å². The molecule has 0 bridgehead atoms. The van der Waals surface area contributed by atoms with Gasteiger partial charge in [0.2, 0.25) is 0 Å². The zero-order chi connectivity index (χ0) is 7.56. The minimum Gasteiger partial charge on any atom is -0.0651 e. The van der Waals surface area contributed by atoms with Crippen LogP contribution in [0.3, 0.4) is 0 Å². The largest absolute Gasteiger partial charge is 0.0651 e. The van der Waals surface area contributed by atoms with Crippen LogP contribution < -0.4 is 0 Å². The van der Waals surface area contributed by atoms with Crippen LogP contribution in [0.1, 0.15) is 46.5 Å². The smallest absolute Gasteiger partial charge is 0.0363 e. The first kappa shape index (κ1) is 8.10. The lowest BCUT2D eigenvalue weighted by Crippen LogP contribution is -2.13. The lowest BCUT2D eigenvalue weighted by molar-refractivity contribution is 0.287. The Bertz CT molecular complexity index is 96.2. The highest BCUT2D eigenvalue weighted by molar-refractivity contribution is 4.77. The van der Waals surface area contributed by atoms with E-state index in [4.69, 9.17) is 0 Å². The molecule has 10 heavy (non-hydrogen) atoms. The summed E-state index contributed by atoms with van der Waals surface area (Å²) in [6.45, 7) is 7.14. The topological polar surface area (TPSA) is 0 Å². The van der Waals surface area contributed by atoms with E-state index in [1.807, 2.05) is 0 Å². The fraction of sp³-hybridized carbons (Fsp3) is 1.00. The van der Waals surface area contributed by atoms with Crippen LogP contribution in [-0.4, -0.2) is 0 Å². The second kappa shape index (κ2) is 3.41.